The van der Waals surface area contributed by atoms with Gasteiger partial charge in [-0.15, -0.1) is 0 Å². The van der Waals surface area contributed by atoms with Gasteiger partial charge < -0.3 is 9.47 Å². The summed E-state index contributed by atoms with van der Waals surface area (Å²) in [6, 6.07) is 10.3. The van der Waals surface area contributed by atoms with Gasteiger partial charge in [0, 0.05) is 19.1 Å². The van der Waals surface area contributed by atoms with Crippen molar-refractivity contribution in [2.24, 2.45) is 11.3 Å². The first-order valence-corrected chi connectivity index (χ1v) is 6.89. The molecule has 2 heteroatoms. The second kappa shape index (κ2) is 5.22. The summed E-state index contributed by atoms with van der Waals surface area (Å²) in [6.45, 7) is 1.47. The molecule has 1 aromatic carbocycles. The van der Waals surface area contributed by atoms with E-state index in [1.54, 1.807) is 7.11 Å². The van der Waals surface area contributed by atoms with Crippen LogP contribution in [0.4, 0.5) is 0 Å². The van der Waals surface area contributed by atoms with Crippen molar-refractivity contribution in [3.05, 3.63) is 59.9 Å². The van der Waals surface area contributed by atoms with E-state index in [1.807, 2.05) is 18.2 Å². The minimum Gasteiger partial charge on any atom is -0.489 e. The Bertz CT molecular complexity index is 489. The van der Waals surface area contributed by atoms with E-state index in [4.69, 9.17) is 9.47 Å². The van der Waals surface area contributed by atoms with Crippen molar-refractivity contribution >= 4 is 0 Å². The first-order valence-electron chi connectivity index (χ1n) is 6.89. The lowest BCUT2D eigenvalue weighted by Crippen LogP contribution is -2.08. The fraction of sp³-hybridized carbons (Fsp3) is 0.412. The van der Waals surface area contributed by atoms with Gasteiger partial charge >= 0.3 is 0 Å². The molecule has 1 fully saturated rings. The van der Waals surface area contributed by atoms with Crippen LogP contribution in [0.2, 0.25) is 0 Å². The summed E-state index contributed by atoms with van der Waals surface area (Å²) in [5.41, 5.74) is 1.53. The molecule has 2 aliphatic rings. The maximum atomic E-state index is 5.90. The molecule has 1 saturated carbocycles. The van der Waals surface area contributed by atoms with Crippen LogP contribution in [-0.2, 0) is 16.1 Å². The zero-order chi connectivity index (χ0) is 13.1. The molecule has 0 saturated heterocycles. The summed E-state index contributed by atoms with van der Waals surface area (Å²) in [7, 11) is 1.77. The lowest BCUT2D eigenvalue weighted by molar-refractivity contribution is 0.173. The molecule has 0 radical (unpaired) electrons. The molecule has 0 heterocycles. The van der Waals surface area contributed by atoms with Gasteiger partial charge in [-0.25, -0.2) is 0 Å². The van der Waals surface area contributed by atoms with E-state index >= 15 is 0 Å². The first-order chi connectivity index (χ1) is 9.32. The van der Waals surface area contributed by atoms with Crippen molar-refractivity contribution < 1.29 is 9.47 Å². The summed E-state index contributed by atoms with van der Waals surface area (Å²) in [5.74, 6) is 1.71. The fourth-order valence-electron chi connectivity index (χ4n) is 2.80. The van der Waals surface area contributed by atoms with Gasteiger partial charge in [0.15, 0.2) is 0 Å². The fourth-order valence-corrected chi connectivity index (χ4v) is 2.80. The third-order valence-electron chi connectivity index (χ3n) is 4.12. The van der Waals surface area contributed by atoms with E-state index in [1.165, 1.54) is 12.0 Å². The van der Waals surface area contributed by atoms with Crippen molar-refractivity contribution in [3.63, 3.8) is 0 Å². The van der Waals surface area contributed by atoms with Crippen molar-refractivity contribution in [1.29, 1.82) is 0 Å². The summed E-state index contributed by atoms with van der Waals surface area (Å²) in [6.07, 6.45) is 9.04. The Balaban J connectivity index is 1.60. The monoisotopic (exact) mass is 256 g/mol. The maximum absolute atomic E-state index is 5.90. The van der Waals surface area contributed by atoms with Gasteiger partial charge in [-0.3, -0.25) is 0 Å². The summed E-state index contributed by atoms with van der Waals surface area (Å²) in [5, 5.41) is 0. The highest BCUT2D eigenvalue weighted by Gasteiger charge is 2.52. The Labute approximate surface area is 114 Å². The van der Waals surface area contributed by atoms with Gasteiger partial charge in [0.2, 0.25) is 0 Å². The minimum absolute atomic E-state index is 0.316. The van der Waals surface area contributed by atoms with Crippen LogP contribution in [0, 0.1) is 11.3 Å². The Hall–Kier alpha value is -1.54. The third-order valence-corrected chi connectivity index (χ3v) is 4.12. The second-order valence-corrected chi connectivity index (χ2v) is 5.47. The number of hydrogen-bond acceptors (Lipinski definition) is 2. The van der Waals surface area contributed by atoms with Crippen molar-refractivity contribution in [2.75, 3.05) is 13.7 Å². The number of hydrogen-bond donors (Lipinski definition) is 0. The highest BCUT2D eigenvalue weighted by Crippen LogP contribution is 2.59. The molecule has 2 nitrogen and oxygen atoms in total. The molecule has 0 aliphatic heterocycles. The Morgan fingerprint density at radius 3 is 2.89 bits per heavy atom. The van der Waals surface area contributed by atoms with Gasteiger partial charge in [-0.1, -0.05) is 36.4 Å². The molecular formula is C17H20O2. The molecule has 0 N–H and O–H groups in total. The highest BCUT2D eigenvalue weighted by atomic mass is 16.5. The van der Waals surface area contributed by atoms with E-state index in [9.17, 15) is 0 Å². The SMILES string of the molecule is COCCC12C=C(OCc3ccccc3)C=CC1C2. The quantitative estimate of drug-likeness (QED) is 0.772. The Kier molecular flexibility index (Phi) is 3.43. The predicted octanol–water partition coefficient (Wildman–Crippen LogP) is 3.70. The van der Waals surface area contributed by atoms with E-state index < -0.39 is 0 Å². The maximum Gasteiger partial charge on any atom is 0.116 e. The topological polar surface area (TPSA) is 18.5 Å². The average molecular weight is 256 g/mol. The van der Waals surface area contributed by atoms with Crippen LogP contribution >= 0.6 is 0 Å². The Morgan fingerprint density at radius 1 is 1.26 bits per heavy atom. The molecule has 2 atom stereocenters. The third kappa shape index (κ3) is 2.74. The van der Waals surface area contributed by atoms with Crippen molar-refractivity contribution in [1.82, 2.24) is 0 Å². The molecule has 100 valence electrons. The Morgan fingerprint density at radius 2 is 2.11 bits per heavy atom. The standard InChI is InChI=1S/C17H20O2/c1-18-10-9-17-11-15(17)7-8-16(12-17)19-13-14-5-3-2-4-6-14/h2-8,12,15H,9-11,13H2,1H3. The smallest absolute Gasteiger partial charge is 0.116 e. The molecule has 0 amide bonds. The second-order valence-electron chi connectivity index (χ2n) is 5.47. The van der Waals surface area contributed by atoms with Gasteiger partial charge in [-0.2, -0.15) is 0 Å². The summed E-state index contributed by atoms with van der Waals surface area (Å²) >= 11 is 0. The van der Waals surface area contributed by atoms with E-state index in [0.29, 0.717) is 17.9 Å². The first kappa shape index (κ1) is 12.5. The van der Waals surface area contributed by atoms with Crippen LogP contribution < -0.4 is 0 Å². The number of rotatable bonds is 6. The van der Waals surface area contributed by atoms with Gasteiger partial charge in [0.05, 0.1) is 0 Å². The molecule has 0 aromatic heterocycles. The molecule has 19 heavy (non-hydrogen) atoms. The van der Waals surface area contributed by atoms with E-state index in [0.717, 1.165) is 18.8 Å². The van der Waals surface area contributed by atoms with Crippen LogP contribution in [0.15, 0.2) is 54.3 Å². The molecule has 1 aromatic rings. The number of benzene rings is 1. The van der Waals surface area contributed by atoms with Gasteiger partial charge in [0.25, 0.3) is 0 Å². The molecule has 0 spiro atoms. The van der Waals surface area contributed by atoms with Gasteiger partial charge in [-0.05, 0) is 36.5 Å². The zero-order valence-corrected chi connectivity index (χ0v) is 11.3. The number of ether oxygens (including phenoxy) is 2. The normalized spacial score (nSPS) is 27.6. The van der Waals surface area contributed by atoms with Gasteiger partial charge in [0.1, 0.15) is 12.4 Å². The predicted molar refractivity (Wildman–Crippen MR) is 75.5 cm³/mol. The molecule has 2 aliphatic carbocycles. The largest absolute Gasteiger partial charge is 0.489 e. The summed E-state index contributed by atoms with van der Waals surface area (Å²) in [4.78, 5) is 0. The number of fused-ring (bicyclic) bond motifs is 1. The van der Waals surface area contributed by atoms with E-state index in [2.05, 4.69) is 30.4 Å². The van der Waals surface area contributed by atoms with Crippen LogP contribution in [0.5, 0.6) is 0 Å². The number of methoxy groups -OCH3 is 1. The lowest BCUT2D eigenvalue weighted by Gasteiger charge is -2.17. The molecule has 0 bridgehead atoms. The van der Waals surface area contributed by atoms with Crippen LogP contribution in [0.25, 0.3) is 0 Å². The van der Waals surface area contributed by atoms with Crippen LogP contribution in [0.3, 0.4) is 0 Å². The molecule has 3 rings (SSSR count). The molecular weight excluding hydrogens is 236 g/mol. The van der Waals surface area contributed by atoms with Crippen molar-refractivity contribution in [3.8, 4) is 0 Å². The van der Waals surface area contributed by atoms with Crippen LogP contribution in [0.1, 0.15) is 18.4 Å². The number of allylic oxidation sites excluding steroid dienone is 3. The zero-order valence-electron chi connectivity index (χ0n) is 11.3. The highest BCUT2D eigenvalue weighted by molar-refractivity contribution is 5.33. The summed E-state index contributed by atoms with van der Waals surface area (Å²) < 4.78 is 11.1. The average Bonchev–Trinajstić information content (AvgIpc) is 3.18. The lowest BCUT2D eigenvalue weighted by atomic mass is 9.95. The van der Waals surface area contributed by atoms with Crippen LogP contribution in [-0.4, -0.2) is 13.7 Å². The van der Waals surface area contributed by atoms with Crippen molar-refractivity contribution in [2.45, 2.75) is 19.4 Å². The minimum atomic E-state index is 0.316. The van der Waals surface area contributed by atoms with E-state index in [-0.39, 0.29) is 0 Å². The molecule has 2 unspecified atom stereocenters.